The molecule has 6 heteroatoms. The number of hydrogen-bond acceptors (Lipinski definition) is 3. The third-order valence-electron chi connectivity index (χ3n) is 2.44. The first-order valence-corrected chi connectivity index (χ1v) is 7.76. The predicted molar refractivity (Wildman–Crippen MR) is 90.4 cm³/mol. The third-order valence-corrected chi connectivity index (χ3v) is 4.03. The van der Waals surface area contributed by atoms with Crippen LogP contribution in [0.1, 0.15) is 11.8 Å². The van der Waals surface area contributed by atoms with Gasteiger partial charge in [0, 0.05) is 29.3 Å². The molecule has 21 heavy (non-hydrogen) atoms. The fourth-order valence-corrected chi connectivity index (χ4v) is 2.96. The van der Waals surface area contributed by atoms with E-state index in [1.54, 1.807) is 41.7 Å². The van der Waals surface area contributed by atoms with Gasteiger partial charge in [-0.1, -0.05) is 6.07 Å². The maximum atomic E-state index is 11.8. The lowest BCUT2D eigenvalue weighted by Gasteiger charge is -2.06. The zero-order valence-electron chi connectivity index (χ0n) is 11.2. The fraction of sp³-hybridized carbons (Fsp3) is 0.0667. The van der Waals surface area contributed by atoms with Crippen LogP contribution in [-0.4, -0.2) is 11.8 Å². The van der Waals surface area contributed by atoms with Crippen LogP contribution in [0.5, 0.6) is 0 Å². The van der Waals surface area contributed by atoms with Crippen LogP contribution in [0.4, 0.5) is 11.4 Å². The van der Waals surface area contributed by atoms with Crippen molar-refractivity contribution in [3.05, 3.63) is 51.1 Å². The standard InChI is InChI=1S/C15H13BrN2O2S/c1-10(19)17-11-3-2-4-12(9-11)18-15(20)8-6-13-5-7-14(16)21-13/h2-9H,1H3,(H,17,19)(H,18,20)/b8-6+. The lowest BCUT2D eigenvalue weighted by Crippen LogP contribution is -2.09. The van der Waals surface area contributed by atoms with Gasteiger partial charge < -0.3 is 10.6 Å². The van der Waals surface area contributed by atoms with E-state index in [4.69, 9.17) is 0 Å². The van der Waals surface area contributed by atoms with Gasteiger partial charge in [-0.15, -0.1) is 11.3 Å². The van der Waals surface area contributed by atoms with E-state index in [0.717, 1.165) is 8.66 Å². The highest BCUT2D eigenvalue weighted by atomic mass is 79.9. The quantitative estimate of drug-likeness (QED) is 0.801. The zero-order valence-corrected chi connectivity index (χ0v) is 13.6. The summed E-state index contributed by atoms with van der Waals surface area (Å²) in [5.74, 6) is -0.374. The first kappa shape index (κ1) is 15.5. The van der Waals surface area contributed by atoms with Crippen LogP contribution < -0.4 is 10.6 Å². The van der Waals surface area contributed by atoms with Crippen molar-refractivity contribution in [2.45, 2.75) is 6.92 Å². The first-order chi connectivity index (χ1) is 10.0. The topological polar surface area (TPSA) is 58.2 Å². The van der Waals surface area contributed by atoms with E-state index in [1.165, 1.54) is 13.0 Å². The maximum absolute atomic E-state index is 11.8. The van der Waals surface area contributed by atoms with E-state index in [9.17, 15) is 9.59 Å². The van der Waals surface area contributed by atoms with Crippen molar-refractivity contribution in [1.82, 2.24) is 0 Å². The number of amides is 2. The molecule has 2 N–H and O–H groups in total. The van der Waals surface area contributed by atoms with Gasteiger partial charge in [-0.25, -0.2) is 0 Å². The molecule has 108 valence electrons. The van der Waals surface area contributed by atoms with Crippen LogP contribution >= 0.6 is 27.3 Å². The van der Waals surface area contributed by atoms with Crippen molar-refractivity contribution in [2.24, 2.45) is 0 Å². The highest BCUT2D eigenvalue weighted by Gasteiger charge is 2.01. The minimum atomic E-state index is -0.223. The Bertz CT molecular complexity index is 694. The molecule has 4 nitrogen and oxygen atoms in total. The minimum Gasteiger partial charge on any atom is -0.326 e. The Labute approximate surface area is 135 Å². The number of hydrogen-bond donors (Lipinski definition) is 2. The normalized spacial score (nSPS) is 10.6. The summed E-state index contributed by atoms with van der Waals surface area (Å²) in [5, 5.41) is 5.42. The Kier molecular flexibility index (Phi) is 5.30. The molecule has 0 bridgehead atoms. The second-order valence-corrected chi connectivity index (χ2v) is 6.72. The van der Waals surface area contributed by atoms with Gasteiger partial charge in [-0.3, -0.25) is 9.59 Å². The van der Waals surface area contributed by atoms with Gasteiger partial charge in [0.05, 0.1) is 3.79 Å². The van der Waals surface area contributed by atoms with Gasteiger partial charge in [0.1, 0.15) is 0 Å². The summed E-state index contributed by atoms with van der Waals surface area (Å²) in [7, 11) is 0. The van der Waals surface area contributed by atoms with Gasteiger partial charge in [0.2, 0.25) is 11.8 Å². The van der Waals surface area contributed by atoms with Gasteiger partial charge >= 0.3 is 0 Å². The van der Waals surface area contributed by atoms with Crippen molar-refractivity contribution in [2.75, 3.05) is 10.6 Å². The van der Waals surface area contributed by atoms with Crippen molar-refractivity contribution in [3.8, 4) is 0 Å². The van der Waals surface area contributed by atoms with Crippen LogP contribution in [0, 0.1) is 0 Å². The minimum absolute atomic E-state index is 0.151. The van der Waals surface area contributed by atoms with E-state index >= 15 is 0 Å². The number of benzene rings is 1. The summed E-state index contributed by atoms with van der Waals surface area (Å²) < 4.78 is 1.02. The zero-order chi connectivity index (χ0) is 15.2. The molecule has 0 fully saturated rings. The van der Waals surface area contributed by atoms with E-state index < -0.39 is 0 Å². The molecule has 1 aromatic carbocycles. The van der Waals surface area contributed by atoms with Crippen LogP contribution in [0.3, 0.4) is 0 Å². The van der Waals surface area contributed by atoms with Crippen LogP contribution in [0.25, 0.3) is 6.08 Å². The molecular formula is C15H13BrN2O2S. The molecule has 1 heterocycles. The number of halogens is 1. The number of anilines is 2. The van der Waals surface area contributed by atoms with Crippen LogP contribution in [-0.2, 0) is 9.59 Å². The monoisotopic (exact) mass is 364 g/mol. The van der Waals surface area contributed by atoms with E-state index in [1.807, 2.05) is 12.1 Å². The molecule has 0 spiro atoms. The van der Waals surface area contributed by atoms with Gasteiger partial charge in [-0.2, -0.15) is 0 Å². The number of nitrogens with one attached hydrogen (secondary N) is 2. The summed E-state index contributed by atoms with van der Waals surface area (Å²) in [6.45, 7) is 1.44. The Hall–Kier alpha value is -1.92. The summed E-state index contributed by atoms with van der Waals surface area (Å²) in [5.41, 5.74) is 1.27. The summed E-state index contributed by atoms with van der Waals surface area (Å²) in [6.07, 6.45) is 3.23. The molecule has 0 unspecified atom stereocenters. The number of carbonyl (C=O) groups is 2. The summed E-state index contributed by atoms with van der Waals surface area (Å²) in [4.78, 5) is 23.8. The molecule has 1 aromatic heterocycles. The van der Waals surface area contributed by atoms with E-state index in [-0.39, 0.29) is 11.8 Å². The highest BCUT2D eigenvalue weighted by Crippen LogP contribution is 2.23. The molecule has 0 saturated heterocycles. The van der Waals surface area contributed by atoms with Crippen molar-refractivity contribution in [1.29, 1.82) is 0 Å². The molecule has 2 rings (SSSR count). The molecule has 0 aliphatic rings. The molecule has 0 aliphatic heterocycles. The van der Waals surface area contributed by atoms with Gasteiger partial charge in [0.25, 0.3) is 0 Å². The van der Waals surface area contributed by atoms with Crippen LogP contribution in [0.2, 0.25) is 0 Å². The predicted octanol–water partition coefficient (Wildman–Crippen LogP) is 4.12. The maximum Gasteiger partial charge on any atom is 0.248 e. The molecule has 0 saturated carbocycles. The molecule has 2 amide bonds. The largest absolute Gasteiger partial charge is 0.326 e. The highest BCUT2D eigenvalue weighted by molar-refractivity contribution is 9.11. The van der Waals surface area contributed by atoms with Gasteiger partial charge in [0.15, 0.2) is 0 Å². The molecule has 0 atom stereocenters. The number of rotatable bonds is 4. The average Bonchev–Trinajstić information content (AvgIpc) is 2.82. The number of thiophene rings is 1. The molecular weight excluding hydrogens is 352 g/mol. The smallest absolute Gasteiger partial charge is 0.248 e. The summed E-state index contributed by atoms with van der Waals surface area (Å²) >= 11 is 4.92. The van der Waals surface area contributed by atoms with Gasteiger partial charge in [-0.05, 0) is 52.3 Å². The average molecular weight is 365 g/mol. The Morgan fingerprint density at radius 2 is 1.86 bits per heavy atom. The second-order valence-electron chi connectivity index (χ2n) is 4.23. The second kappa shape index (κ2) is 7.19. The SMILES string of the molecule is CC(=O)Nc1cccc(NC(=O)/C=C/c2ccc(Br)s2)c1. The molecule has 0 aliphatic carbocycles. The molecule has 2 aromatic rings. The van der Waals surface area contributed by atoms with Crippen molar-refractivity contribution >= 4 is 56.5 Å². The number of carbonyl (C=O) groups excluding carboxylic acids is 2. The third kappa shape index (κ3) is 5.17. The first-order valence-electron chi connectivity index (χ1n) is 6.15. The Morgan fingerprint density at radius 1 is 1.14 bits per heavy atom. The lowest BCUT2D eigenvalue weighted by atomic mass is 10.2. The van der Waals surface area contributed by atoms with E-state index in [2.05, 4.69) is 26.6 Å². The van der Waals surface area contributed by atoms with Crippen molar-refractivity contribution < 1.29 is 9.59 Å². The summed E-state index contributed by atoms with van der Waals surface area (Å²) in [6, 6.07) is 10.8. The lowest BCUT2D eigenvalue weighted by molar-refractivity contribution is -0.114. The Balaban J connectivity index is 1.99. The fourth-order valence-electron chi connectivity index (χ4n) is 1.64. The van der Waals surface area contributed by atoms with Crippen LogP contribution in [0.15, 0.2) is 46.3 Å². The Morgan fingerprint density at radius 3 is 2.48 bits per heavy atom. The molecule has 0 radical (unpaired) electrons. The van der Waals surface area contributed by atoms with Crippen molar-refractivity contribution in [3.63, 3.8) is 0 Å². The van der Waals surface area contributed by atoms with E-state index in [0.29, 0.717) is 11.4 Å².